The van der Waals surface area contributed by atoms with E-state index in [1.165, 1.54) is 0 Å². The maximum Gasteiger partial charge on any atom is 0.252 e. The summed E-state index contributed by atoms with van der Waals surface area (Å²) in [5.74, 6) is 1.35. The first-order chi connectivity index (χ1) is 12.5. The van der Waals surface area contributed by atoms with Gasteiger partial charge in [0.2, 0.25) is 11.8 Å². The maximum atomic E-state index is 12.7. The van der Waals surface area contributed by atoms with Crippen LogP contribution in [0.4, 0.5) is 0 Å². The molecule has 1 atom stereocenters. The molecular formula is C19H24N4O3. The summed E-state index contributed by atoms with van der Waals surface area (Å²) in [5, 5.41) is 6.85. The van der Waals surface area contributed by atoms with Crippen LogP contribution >= 0.6 is 0 Å². The summed E-state index contributed by atoms with van der Waals surface area (Å²) in [6, 6.07) is 7.08. The lowest BCUT2D eigenvalue weighted by molar-refractivity contribution is -0.132. The first-order valence-electron chi connectivity index (χ1n) is 8.97. The molecule has 0 radical (unpaired) electrons. The lowest BCUT2D eigenvalue weighted by Gasteiger charge is -2.21. The van der Waals surface area contributed by atoms with E-state index in [-0.39, 0.29) is 24.3 Å². The van der Waals surface area contributed by atoms with Crippen LogP contribution < -0.4 is 5.32 Å². The van der Waals surface area contributed by atoms with Crippen molar-refractivity contribution >= 4 is 11.8 Å². The Morgan fingerprint density at radius 1 is 1.35 bits per heavy atom. The molecule has 3 rings (SSSR count). The van der Waals surface area contributed by atoms with E-state index in [1.807, 2.05) is 25.1 Å². The molecule has 1 aliphatic heterocycles. The smallest absolute Gasteiger partial charge is 0.252 e. The molecule has 0 spiro atoms. The van der Waals surface area contributed by atoms with Crippen molar-refractivity contribution in [2.45, 2.75) is 46.2 Å². The van der Waals surface area contributed by atoms with Gasteiger partial charge in [-0.3, -0.25) is 9.59 Å². The van der Waals surface area contributed by atoms with Gasteiger partial charge in [-0.2, -0.15) is 4.98 Å². The van der Waals surface area contributed by atoms with Gasteiger partial charge >= 0.3 is 0 Å². The molecule has 2 amide bonds. The van der Waals surface area contributed by atoms with Crippen LogP contribution in [0.3, 0.4) is 0 Å². The van der Waals surface area contributed by atoms with Crippen molar-refractivity contribution in [3.05, 3.63) is 47.1 Å². The number of carbonyl (C=O) groups excluding carboxylic acids is 2. The summed E-state index contributed by atoms with van der Waals surface area (Å²) >= 11 is 0. The molecule has 1 aromatic carbocycles. The zero-order chi connectivity index (χ0) is 18.7. The normalized spacial score (nSPS) is 15.8. The van der Waals surface area contributed by atoms with Crippen LogP contribution in [0, 0.1) is 5.92 Å². The van der Waals surface area contributed by atoms with Gasteiger partial charge in [0.15, 0.2) is 5.82 Å². The Kier molecular flexibility index (Phi) is 5.35. The standard InChI is InChI=1S/C19H24N4O3/c1-4-23(11-16-21-17(26-22-16)9-12(2)3)18(24)10-15-13-7-5-6-8-14(13)19(25)20-15/h5-8,12,15H,4,9-11H2,1-3H3,(H,20,25). The third kappa shape index (κ3) is 3.92. The first-order valence-corrected chi connectivity index (χ1v) is 8.97. The van der Waals surface area contributed by atoms with E-state index in [1.54, 1.807) is 11.0 Å². The molecule has 1 unspecified atom stereocenters. The Balaban J connectivity index is 1.64. The van der Waals surface area contributed by atoms with Crippen LogP contribution in [0.1, 0.15) is 60.9 Å². The number of fused-ring (bicyclic) bond motifs is 1. The third-order valence-corrected chi connectivity index (χ3v) is 4.42. The molecule has 7 nitrogen and oxygen atoms in total. The average Bonchev–Trinajstić information content (AvgIpc) is 3.17. The summed E-state index contributed by atoms with van der Waals surface area (Å²) in [7, 11) is 0. The minimum Gasteiger partial charge on any atom is -0.345 e. The number of aromatic nitrogens is 2. The quantitative estimate of drug-likeness (QED) is 0.823. The van der Waals surface area contributed by atoms with E-state index in [0.717, 1.165) is 12.0 Å². The second kappa shape index (κ2) is 7.68. The molecule has 0 aliphatic carbocycles. The van der Waals surface area contributed by atoms with Crippen LogP contribution in [0.25, 0.3) is 0 Å². The predicted molar refractivity (Wildman–Crippen MR) is 95.2 cm³/mol. The van der Waals surface area contributed by atoms with Crippen molar-refractivity contribution in [2.75, 3.05) is 6.54 Å². The van der Waals surface area contributed by atoms with Crippen LogP contribution in [0.5, 0.6) is 0 Å². The monoisotopic (exact) mass is 356 g/mol. The Morgan fingerprint density at radius 2 is 2.12 bits per heavy atom. The van der Waals surface area contributed by atoms with Gasteiger partial charge in [-0.05, 0) is 24.5 Å². The molecule has 138 valence electrons. The van der Waals surface area contributed by atoms with Gasteiger partial charge in [-0.1, -0.05) is 37.2 Å². The number of carbonyl (C=O) groups is 2. The van der Waals surface area contributed by atoms with Gasteiger partial charge in [-0.15, -0.1) is 0 Å². The van der Waals surface area contributed by atoms with E-state index in [4.69, 9.17) is 4.52 Å². The highest BCUT2D eigenvalue weighted by molar-refractivity contribution is 5.99. The van der Waals surface area contributed by atoms with Gasteiger partial charge in [0, 0.05) is 18.5 Å². The van der Waals surface area contributed by atoms with Gasteiger partial charge in [0.05, 0.1) is 19.0 Å². The zero-order valence-electron chi connectivity index (χ0n) is 15.4. The van der Waals surface area contributed by atoms with Gasteiger partial charge < -0.3 is 14.7 Å². The lowest BCUT2D eigenvalue weighted by atomic mass is 10.0. The Labute approximate surface area is 152 Å². The Hall–Kier alpha value is -2.70. The highest BCUT2D eigenvalue weighted by Crippen LogP contribution is 2.28. The van der Waals surface area contributed by atoms with Gasteiger partial charge in [0.1, 0.15) is 0 Å². The van der Waals surface area contributed by atoms with E-state index >= 15 is 0 Å². The number of hydrogen-bond donors (Lipinski definition) is 1. The fourth-order valence-electron chi connectivity index (χ4n) is 3.12. The Morgan fingerprint density at radius 3 is 2.85 bits per heavy atom. The number of nitrogens with one attached hydrogen (secondary N) is 1. The largest absolute Gasteiger partial charge is 0.345 e. The number of amides is 2. The van der Waals surface area contributed by atoms with E-state index in [2.05, 4.69) is 29.3 Å². The maximum absolute atomic E-state index is 12.7. The first kappa shape index (κ1) is 18.1. The van der Waals surface area contributed by atoms with Crippen molar-refractivity contribution in [1.82, 2.24) is 20.4 Å². The molecule has 2 heterocycles. The molecule has 2 aromatic rings. The third-order valence-electron chi connectivity index (χ3n) is 4.42. The summed E-state index contributed by atoms with van der Waals surface area (Å²) in [6.45, 7) is 6.92. The predicted octanol–water partition coefficient (Wildman–Crippen LogP) is 2.49. The minimum absolute atomic E-state index is 0.0512. The van der Waals surface area contributed by atoms with Crippen molar-refractivity contribution in [3.8, 4) is 0 Å². The van der Waals surface area contributed by atoms with Crippen LogP contribution in [0.15, 0.2) is 28.8 Å². The fourth-order valence-corrected chi connectivity index (χ4v) is 3.12. The topological polar surface area (TPSA) is 88.3 Å². The van der Waals surface area contributed by atoms with E-state index in [0.29, 0.717) is 36.3 Å². The molecular weight excluding hydrogens is 332 g/mol. The van der Waals surface area contributed by atoms with Crippen LogP contribution in [0.2, 0.25) is 0 Å². The molecule has 0 saturated heterocycles. The van der Waals surface area contributed by atoms with E-state index in [9.17, 15) is 9.59 Å². The molecule has 0 fully saturated rings. The summed E-state index contributed by atoms with van der Waals surface area (Å²) in [6.07, 6.45) is 0.936. The number of rotatable bonds is 7. The summed E-state index contributed by atoms with van der Waals surface area (Å²) < 4.78 is 5.24. The SMILES string of the molecule is CCN(Cc1noc(CC(C)C)n1)C(=O)CC1NC(=O)c2ccccc21. The van der Waals surface area contributed by atoms with Crippen molar-refractivity contribution in [3.63, 3.8) is 0 Å². The van der Waals surface area contributed by atoms with Crippen LogP contribution in [-0.4, -0.2) is 33.4 Å². The van der Waals surface area contributed by atoms with Crippen molar-refractivity contribution < 1.29 is 14.1 Å². The fraction of sp³-hybridized carbons (Fsp3) is 0.474. The number of hydrogen-bond acceptors (Lipinski definition) is 5. The summed E-state index contributed by atoms with van der Waals surface area (Å²) in [5.41, 5.74) is 1.52. The van der Waals surface area contributed by atoms with Gasteiger partial charge in [-0.25, -0.2) is 0 Å². The highest BCUT2D eigenvalue weighted by Gasteiger charge is 2.31. The molecule has 0 saturated carbocycles. The average molecular weight is 356 g/mol. The summed E-state index contributed by atoms with van der Waals surface area (Å²) in [4.78, 5) is 30.8. The molecule has 1 N–H and O–H groups in total. The van der Waals surface area contributed by atoms with Gasteiger partial charge in [0.25, 0.3) is 5.91 Å². The molecule has 0 bridgehead atoms. The molecule has 26 heavy (non-hydrogen) atoms. The molecule has 1 aliphatic rings. The second-order valence-electron chi connectivity index (χ2n) is 6.93. The number of benzene rings is 1. The minimum atomic E-state index is -0.290. The van der Waals surface area contributed by atoms with Crippen molar-refractivity contribution in [2.24, 2.45) is 5.92 Å². The second-order valence-corrected chi connectivity index (χ2v) is 6.93. The molecule has 7 heteroatoms. The highest BCUT2D eigenvalue weighted by atomic mass is 16.5. The zero-order valence-corrected chi connectivity index (χ0v) is 15.4. The Bertz CT molecular complexity index is 800. The molecule has 1 aromatic heterocycles. The lowest BCUT2D eigenvalue weighted by Crippen LogP contribution is -2.33. The van der Waals surface area contributed by atoms with E-state index < -0.39 is 0 Å². The number of nitrogens with zero attached hydrogens (tertiary/aromatic N) is 3. The van der Waals surface area contributed by atoms with Crippen LogP contribution in [-0.2, 0) is 17.8 Å². The van der Waals surface area contributed by atoms with Crippen molar-refractivity contribution in [1.29, 1.82) is 0 Å².